The van der Waals surface area contributed by atoms with Gasteiger partial charge >= 0.3 is 5.97 Å². The lowest BCUT2D eigenvalue weighted by Crippen LogP contribution is -2.65. The number of carbonyl (C=O) groups excluding carboxylic acids is 2. The summed E-state index contributed by atoms with van der Waals surface area (Å²) in [6.07, 6.45) is 2.14. The summed E-state index contributed by atoms with van der Waals surface area (Å²) in [5, 5.41) is 5.30. The van der Waals surface area contributed by atoms with E-state index in [1.165, 1.54) is 23.8 Å². The van der Waals surface area contributed by atoms with Crippen LogP contribution in [0.25, 0.3) is 0 Å². The number of fused-ring (bicyclic) bond motifs is 3. The average Bonchev–Trinajstić information content (AvgIpc) is 3.40. The van der Waals surface area contributed by atoms with Gasteiger partial charge in [-0.05, 0) is 29.1 Å². The Bertz CT molecular complexity index is 1010. The van der Waals surface area contributed by atoms with E-state index in [-0.39, 0.29) is 17.9 Å². The first-order chi connectivity index (χ1) is 16.5. The summed E-state index contributed by atoms with van der Waals surface area (Å²) >= 11 is 1.51. The zero-order chi connectivity index (χ0) is 23.8. The minimum Gasteiger partial charge on any atom is -0.456 e. The number of benzene rings is 2. The molecule has 3 aliphatic heterocycles. The van der Waals surface area contributed by atoms with Gasteiger partial charge in [-0.2, -0.15) is 0 Å². The molecule has 1 atom stereocenters. The second-order valence-corrected chi connectivity index (χ2v) is 10.2. The normalized spacial score (nSPS) is 22.9. The van der Waals surface area contributed by atoms with E-state index in [9.17, 15) is 9.59 Å². The molecule has 3 fully saturated rings. The highest BCUT2D eigenvalue weighted by atomic mass is 32.1. The van der Waals surface area contributed by atoms with Crippen molar-refractivity contribution in [1.29, 1.82) is 0 Å². The van der Waals surface area contributed by atoms with Crippen LogP contribution in [0, 0.1) is 5.92 Å². The molecule has 0 amide bonds. The maximum Gasteiger partial charge on any atom is 0.303 e. The van der Waals surface area contributed by atoms with Crippen LogP contribution in [0.15, 0.2) is 78.2 Å². The zero-order valence-corrected chi connectivity index (χ0v) is 20.5. The summed E-state index contributed by atoms with van der Waals surface area (Å²) in [6.45, 7) is 5.79. The van der Waals surface area contributed by atoms with Gasteiger partial charge in [0.1, 0.15) is 13.1 Å². The Balaban J connectivity index is 0.000000172. The van der Waals surface area contributed by atoms with Crippen molar-refractivity contribution in [3.63, 3.8) is 0 Å². The number of piperidine rings is 3. The van der Waals surface area contributed by atoms with Crippen LogP contribution < -0.4 is 5.32 Å². The second kappa shape index (κ2) is 11.4. The first kappa shape index (κ1) is 24.2. The number of thiophene rings is 1. The molecular formula is C28H33N2O3S+. The molecule has 4 heterocycles. The Morgan fingerprint density at radius 3 is 2.26 bits per heavy atom. The average molecular weight is 478 g/mol. The van der Waals surface area contributed by atoms with Crippen LogP contribution >= 0.6 is 11.3 Å². The molecule has 6 rings (SSSR count). The summed E-state index contributed by atoms with van der Waals surface area (Å²) < 4.78 is 6.26. The topological polar surface area (TPSA) is 55.4 Å². The fourth-order valence-electron chi connectivity index (χ4n) is 4.97. The van der Waals surface area contributed by atoms with Crippen molar-refractivity contribution in [3.8, 4) is 0 Å². The number of rotatable bonds is 7. The molecule has 1 N–H and O–H groups in total. The molecule has 3 saturated heterocycles. The van der Waals surface area contributed by atoms with Gasteiger partial charge in [-0.1, -0.05) is 54.6 Å². The van der Waals surface area contributed by atoms with Crippen LogP contribution in [-0.4, -0.2) is 48.5 Å². The predicted molar refractivity (Wildman–Crippen MR) is 137 cm³/mol. The summed E-state index contributed by atoms with van der Waals surface area (Å²) in [5.74, 6) is 0.518. The number of esters is 1. The van der Waals surface area contributed by atoms with Gasteiger partial charge in [0.2, 0.25) is 5.78 Å². The van der Waals surface area contributed by atoms with Crippen molar-refractivity contribution in [2.45, 2.75) is 32.4 Å². The maximum absolute atomic E-state index is 12.4. The van der Waals surface area contributed by atoms with E-state index in [1.807, 2.05) is 41.8 Å². The molecule has 34 heavy (non-hydrogen) atoms. The van der Waals surface area contributed by atoms with Crippen molar-refractivity contribution in [2.24, 2.45) is 5.92 Å². The number of nitrogens with zero attached hydrogens (tertiary/aromatic N) is 1. The minimum absolute atomic E-state index is 0.00568. The van der Waals surface area contributed by atoms with E-state index in [0.717, 1.165) is 54.1 Å². The molecule has 3 aromatic rings. The van der Waals surface area contributed by atoms with Gasteiger partial charge in [0.05, 0.1) is 18.0 Å². The number of hydrogen-bond donors (Lipinski definition) is 1. The summed E-state index contributed by atoms with van der Waals surface area (Å²) in [4.78, 5) is 24.4. The molecular weight excluding hydrogens is 444 g/mol. The first-order valence-electron chi connectivity index (χ1n) is 11.9. The highest BCUT2D eigenvalue weighted by molar-refractivity contribution is 7.12. The number of anilines is 1. The number of ether oxygens (including phenoxy) is 1. The third kappa shape index (κ3) is 6.55. The molecule has 0 saturated carbocycles. The number of Topliss-reactive ketones (excluding diaryl/α,β-unsaturated/α-hetero) is 1. The molecule has 0 aliphatic carbocycles. The lowest BCUT2D eigenvalue weighted by atomic mass is 9.83. The molecule has 6 heteroatoms. The summed E-state index contributed by atoms with van der Waals surface area (Å²) in [5.41, 5.74) is 2.47. The Morgan fingerprint density at radius 2 is 1.65 bits per heavy atom. The quantitative estimate of drug-likeness (QED) is 0.281. The van der Waals surface area contributed by atoms with Crippen molar-refractivity contribution in [2.75, 3.05) is 31.5 Å². The number of nitrogens with one attached hydrogen (secondary N) is 1. The first-order valence-corrected chi connectivity index (χ1v) is 12.8. The molecule has 1 aromatic heterocycles. The van der Waals surface area contributed by atoms with E-state index < -0.39 is 0 Å². The zero-order valence-electron chi connectivity index (χ0n) is 19.7. The van der Waals surface area contributed by atoms with Crippen molar-refractivity contribution in [3.05, 3.63) is 88.6 Å². The van der Waals surface area contributed by atoms with Crippen LogP contribution in [0.2, 0.25) is 0 Å². The highest BCUT2D eigenvalue weighted by Crippen LogP contribution is 2.36. The van der Waals surface area contributed by atoms with Crippen LogP contribution in [-0.2, 0) is 16.1 Å². The molecule has 0 unspecified atom stereocenters. The second-order valence-electron chi connectivity index (χ2n) is 9.22. The van der Waals surface area contributed by atoms with Gasteiger partial charge in [-0.3, -0.25) is 9.59 Å². The molecule has 5 nitrogen and oxygen atoms in total. The van der Waals surface area contributed by atoms with Gasteiger partial charge in [-0.25, -0.2) is 0 Å². The van der Waals surface area contributed by atoms with Crippen LogP contribution in [0.5, 0.6) is 0 Å². The Kier molecular flexibility index (Phi) is 8.14. The fraction of sp³-hybridized carbons (Fsp3) is 0.357. The molecule has 2 aromatic carbocycles. The predicted octanol–water partition coefficient (Wildman–Crippen LogP) is 5.40. The maximum atomic E-state index is 12.4. The molecule has 2 bridgehead atoms. The SMILES string of the molecule is CC(=O)O[C@H]1C[N+]2(CC(=O)c3cccs3)CCC1CC2.c1ccc(CNc2ccccc2)cc1. The van der Waals surface area contributed by atoms with Gasteiger partial charge in [-0.15, -0.1) is 11.3 Å². The van der Waals surface area contributed by atoms with Gasteiger partial charge in [0.25, 0.3) is 0 Å². The number of ketones is 1. The summed E-state index contributed by atoms with van der Waals surface area (Å²) in [7, 11) is 0. The molecule has 3 aliphatic rings. The van der Waals surface area contributed by atoms with Gasteiger partial charge in [0.15, 0.2) is 6.10 Å². The Hall–Kier alpha value is -2.96. The standard InChI is InChI=1S/C15H20NO3S.C13H13N/c1-11(17)19-14-10-16(6-4-12(14)5-7-16)9-13(18)15-3-2-8-20-15;1-3-7-12(8-4-1)11-14-13-9-5-2-6-10-13/h2-3,8,12,14H,4-7,9-10H2,1H3;1-10,14H,11H2/q+1;/t12?,14-,16?;/m0./s1. The van der Waals surface area contributed by atoms with E-state index in [4.69, 9.17) is 4.74 Å². The van der Waals surface area contributed by atoms with E-state index >= 15 is 0 Å². The fourth-order valence-corrected chi connectivity index (χ4v) is 5.62. The Labute approximate surface area is 206 Å². The van der Waals surface area contributed by atoms with Crippen molar-refractivity contribution in [1.82, 2.24) is 0 Å². The third-order valence-electron chi connectivity index (χ3n) is 6.75. The van der Waals surface area contributed by atoms with Gasteiger partial charge < -0.3 is 14.5 Å². The summed E-state index contributed by atoms with van der Waals surface area (Å²) in [6, 6.07) is 24.4. The lowest BCUT2D eigenvalue weighted by Gasteiger charge is -2.51. The van der Waals surface area contributed by atoms with Crippen molar-refractivity contribution >= 4 is 28.8 Å². The number of hydrogen-bond acceptors (Lipinski definition) is 5. The molecule has 178 valence electrons. The number of para-hydroxylation sites is 1. The molecule has 0 radical (unpaired) electrons. The smallest absolute Gasteiger partial charge is 0.303 e. The largest absolute Gasteiger partial charge is 0.456 e. The third-order valence-corrected chi connectivity index (χ3v) is 7.66. The minimum atomic E-state index is -0.202. The lowest BCUT2D eigenvalue weighted by molar-refractivity contribution is -0.938. The van der Waals surface area contributed by atoms with Crippen LogP contribution in [0.1, 0.15) is 35.0 Å². The number of carbonyl (C=O) groups is 2. The van der Waals surface area contributed by atoms with E-state index in [2.05, 4.69) is 41.7 Å². The van der Waals surface area contributed by atoms with E-state index in [0.29, 0.717) is 12.5 Å². The van der Waals surface area contributed by atoms with Crippen LogP contribution in [0.4, 0.5) is 5.69 Å². The van der Waals surface area contributed by atoms with Crippen molar-refractivity contribution < 1.29 is 18.8 Å². The van der Waals surface area contributed by atoms with Gasteiger partial charge in [0, 0.05) is 37.9 Å². The van der Waals surface area contributed by atoms with E-state index in [1.54, 1.807) is 0 Å². The number of quaternary nitrogens is 1. The highest BCUT2D eigenvalue weighted by Gasteiger charge is 2.48. The molecule has 0 spiro atoms. The van der Waals surface area contributed by atoms with Crippen LogP contribution in [0.3, 0.4) is 0 Å². The Morgan fingerprint density at radius 1 is 0.971 bits per heavy atom. The monoisotopic (exact) mass is 477 g/mol.